The zero-order valence-corrected chi connectivity index (χ0v) is 14.2. The predicted octanol–water partition coefficient (Wildman–Crippen LogP) is 5.58. The minimum absolute atomic E-state index is 0.452. The van der Waals surface area contributed by atoms with Crippen molar-refractivity contribution >= 4 is 11.3 Å². The van der Waals surface area contributed by atoms with Gasteiger partial charge in [0.25, 0.3) is 0 Å². The van der Waals surface area contributed by atoms with Gasteiger partial charge in [0, 0.05) is 22.3 Å². The van der Waals surface area contributed by atoms with Crippen molar-refractivity contribution in [2.45, 2.75) is 52.6 Å². The van der Waals surface area contributed by atoms with E-state index in [0.717, 1.165) is 13.0 Å². The second kappa shape index (κ2) is 8.35. The van der Waals surface area contributed by atoms with E-state index in [4.69, 9.17) is 0 Å². The molecule has 0 saturated heterocycles. The van der Waals surface area contributed by atoms with E-state index in [1.165, 1.54) is 28.2 Å². The molecule has 0 amide bonds. The third kappa shape index (κ3) is 4.42. The number of hydrogen-bond acceptors (Lipinski definition) is 2. The summed E-state index contributed by atoms with van der Waals surface area (Å²) in [4.78, 5) is 2.92. The highest BCUT2D eigenvalue weighted by atomic mass is 32.1. The van der Waals surface area contributed by atoms with Gasteiger partial charge < -0.3 is 5.32 Å². The van der Waals surface area contributed by atoms with Gasteiger partial charge in [-0.15, -0.1) is 11.3 Å². The van der Waals surface area contributed by atoms with Crippen molar-refractivity contribution in [3.8, 4) is 0 Å². The number of hydrogen-bond donors (Lipinski definition) is 1. The second-order valence-electron chi connectivity index (χ2n) is 5.57. The average Bonchev–Trinajstić information content (AvgIpc) is 3.00. The molecule has 2 heteroatoms. The molecule has 1 atom stereocenters. The van der Waals surface area contributed by atoms with Crippen LogP contribution in [-0.4, -0.2) is 0 Å². The molecule has 0 spiro atoms. The first-order valence-corrected chi connectivity index (χ1v) is 8.96. The molecule has 1 N–H and O–H groups in total. The molecule has 114 valence electrons. The lowest BCUT2D eigenvalue weighted by Crippen LogP contribution is -2.27. The maximum atomic E-state index is 3.80. The van der Waals surface area contributed by atoms with Crippen LogP contribution in [0, 0.1) is 5.92 Å². The molecule has 2 aromatic rings. The Labute approximate surface area is 133 Å². The van der Waals surface area contributed by atoms with E-state index in [2.05, 4.69) is 68.6 Å². The molecule has 1 unspecified atom stereocenters. The van der Waals surface area contributed by atoms with Crippen molar-refractivity contribution in [3.63, 3.8) is 0 Å². The molecule has 0 aliphatic carbocycles. The van der Waals surface area contributed by atoms with Gasteiger partial charge in [-0.1, -0.05) is 63.9 Å². The van der Waals surface area contributed by atoms with Crippen LogP contribution in [0.1, 0.15) is 55.0 Å². The highest BCUT2D eigenvalue weighted by molar-refractivity contribution is 7.11. The van der Waals surface area contributed by atoms with Crippen LogP contribution in [0.15, 0.2) is 42.5 Å². The molecule has 0 saturated carbocycles. The number of benzene rings is 1. The topological polar surface area (TPSA) is 12.0 Å². The first-order chi connectivity index (χ1) is 10.3. The SMILES string of the molecule is CCc1ccc(CNC(c2ccccc2)C(CC)CC)s1. The summed E-state index contributed by atoms with van der Waals surface area (Å²) in [7, 11) is 0. The summed E-state index contributed by atoms with van der Waals surface area (Å²) in [5.74, 6) is 0.693. The van der Waals surface area contributed by atoms with Crippen LogP contribution < -0.4 is 5.32 Å². The van der Waals surface area contributed by atoms with E-state index in [-0.39, 0.29) is 0 Å². The molecule has 0 radical (unpaired) electrons. The molecular formula is C19H27NS. The molecule has 2 rings (SSSR count). The molecule has 0 bridgehead atoms. The van der Waals surface area contributed by atoms with E-state index < -0.39 is 0 Å². The predicted molar refractivity (Wildman–Crippen MR) is 93.8 cm³/mol. The van der Waals surface area contributed by atoms with E-state index in [9.17, 15) is 0 Å². The first kappa shape index (κ1) is 16.3. The third-order valence-electron chi connectivity index (χ3n) is 4.24. The number of thiophene rings is 1. The smallest absolute Gasteiger partial charge is 0.0351 e. The fourth-order valence-electron chi connectivity index (χ4n) is 2.90. The van der Waals surface area contributed by atoms with Gasteiger partial charge in [-0.25, -0.2) is 0 Å². The Hall–Kier alpha value is -1.12. The summed E-state index contributed by atoms with van der Waals surface area (Å²) in [6, 6.07) is 15.9. The zero-order chi connectivity index (χ0) is 15.1. The normalized spacial score (nSPS) is 12.8. The van der Waals surface area contributed by atoms with E-state index >= 15 is 0 Å². The summed E-state index contributed by atoms with van der Waals surface area (Å²) in [6.45, 7) is 7.79. The Morgan fingerprint density at radius 1 is 0.905 bits per heavy atom. The number of aryl methyl sites for hydroxylation is 1. The van der Waals surface area contributed by atoms with Gasteiger partial charge in [0.1, 0.15) is 0 Å². The Balaban J connectivity index is 2.08. The second-order valence-corrected chi connectivity index (χ2v) is 6.82. The Bertz CT molecular complexity index is 513. The lowest BCUT2D eigenvalue weighted by Gasteiger charge is -2.27. The molecule has 1 aromatic heterocycles. The summed E-state index contributed by atoms with van der Waals surface area (Å²) in [6.07, 6.45) is 3.57. The van der Waals surface area contributed by atoms with Gasteiger partial charge >= 0.3 is 0 Å². The number of nitrogens with one attached hydrogen (secondary N) is 1. The van der Waals surface area contributed by atoms with E-state index in [1.807, 2.05) is 11.3 Å². The van der Waals surface area contributed by atoms with Gasteiger partial charge in [0.15, 0.2) is 0 Å². The summed E-state index contributed by atoms with van der Waals surface area (Å²) < 4.78 is 0. The van der Waals surface area contributed by atoms with Gasteiger partial charge in [-0.2, -0.15) is 0 Å². The number of rotatable bonds is 8. The highest BCUT2D eigenvalue weighted by Gasteiger charge is 2.19. The first-order valence-electron chi connectivity index (χ1n) is 8.14. The lowest BCUT2D eigenvalue weighted by molar-refractivity contribution is 0.340. The van der Waals surface area contributed by atoms with Gasteiger partial charge in [0.2, 0.25) is 0 Å². The fraction of sp³-hybridized carbons (Fsp3) is 0.474. The standard InChI is InChI=1S/C19H27NS/c1-4-15(5-2)19(16-10-8-7-9-11-16)20-14-18-13-12-17(6-3)21-18/h7-13,15,19-20H,4-6,14H2,1-3H3. The lowest BCUT2D eigenvalue weighted by atomic mass is 9.89. The van der Waals surface area contributed by atoms with Gasteiger partial charge in [0.05, 0.1) is 0 Å². The summed E-state index contributed by atoms with van der Waals surface area (Å²) in [5, 5.41) is 3.80. The quantitative estimate of drug-likeness (QED) is 0.671. The summed E-state index contributed by atoms with van der Waals surface area (Å²) in [5.41, 5.74) is 1.42. The minimum atomic E-state index is 0.452. The van der Waals surface area contributed by atoms with Crippen LogP contribution in [0.4, 0.5) is 0 Å². The van der Waals surface area contributed by atoms with Crippen molar-refractivity contribution in [2.24, 2.45) is 5.92 Å². The molecule has 1 aromatic carbocycles. The van der Waals surface area contributed by atoms with Crippen LogP contribution in [0.5, 0.6) is 0 Å². The molecule has 1 heterocycles. The minimum Gasteiger partial charge on any atom is -0.305 e. The third-order valence-corrected chi connectivity index (χ3v) is 5.47. The van der Waals surface area contributed by atoms with Gasteiger partial charge in [-0.05, 0) is 30.0 Å². The van der Waals surface area contributed by atoms with Crippen molar-refractivity contribution in [2.75, 3.05) is 0 Å². The van der Waals surface area contributed by atoms with E-state index in [0.29, 0.717) is 12.0 Å². The fourth-order valence-corrected chi connectivity index (χ4v) is 3.80. The van der Waals surface area contributed by atoms with E-state index in [1.54, 1.807) is 0 Å². The van der Waals surface area contributed by atoms with Crippen LogP contribution >= 0.6 is 11.3 Å². The molecule has 0 fully saturated rings. The van der Waals surface area contributed by atoms with Crippen LogP contribution in [-0.2, 0) is 13.0 Å². The molecule has 21 heavy (non-hydrogen) atoms. The van der Waals surface area contributed by atoms with Gasteiger partial charge in [-0.3, -0.25) is 0 Å². The van der Waals surface area contributed by atoms with Crippen molar-refractivity contribution in [1.82, 2.24) is 5.32 Å². The molecular weight excluding hydrogens is 274 g/mol. The molecule has 0 aliphatic heterocycles. The Morgan fingerprint density at radius 3 is 2.14 bits per heavy atom. The Kier molecular flexibility index (Phi) is 6.47. The van der Waals surface area contributed by atoms with Crippen LogP contribution in [0.3, 0.4) is 0 Å². The maximum Gasteiger partial charge on any atom is 0.0351 e. The van der Waals surface area contributed by atoms with Crippen molar-refractivity contribution in [3.05, 3.63) is 57.8 Å². The monoisotopic (exact) mass is 301 g/mol. The summed E-state index contributed by atoms with van der Waals surface area (Å²) >= 11 is 1.93. The largest absolute Gasteiger partial charge is 0.305 e. The average molecular weight is 301 g/mol. The highest BCUT2D eigenvalue weighted by Crippen LogP contribution is 2.28. The van der Waals surface area contributed by atoms with Crippen LogP contribution in [0.25, 0.3) is 0 Å². The van der Waals surface area contributed by atoms with Crippen molar-refractivity contribution in [1.29, 1.82) is 0 Å². The van der Waals surface area contributed by atoms with Crippen LogP contribution in [0.2, 0.25) is 0 Å². The van der Waals surface area contributed by atoms with Crippen molar-refractivity contribution < 1.29 is 0 Å². The zero-order valence-electron chi connectivity index (χ0n) is 13.4. The molecule has 1 nitrogen and oxygen atoms in total. The molecule has 0 aliphatic rings. The maximum absolute atomic E-state index is 3.80. The Morgan fingerprint density at radius 2 is 1.57 bits per heavy atom.